The van der Waals surface area contributed by atoms with Crippen LogP contribution in [0.1, 0.15) is 34.6 Å². The summed E-state index contributed by atoms with van der Waals surface area (Å²) >= 11 is 1.28. The predicted octanol–water partition coefficient (Wildman–Crippen LogP) is 3.81. The third kappa shape index (κ3) is 2.92. The first-order valence-corrected chi connectivity index (χ1v) is 8.31. The molecule has 0 saturated heterocycles. The van der Waals surface area contributed by atoms with Gasteiger partial charge in [0.15, 0.2) is 10.6 Å². The average molecular weight is 342 g/mol. The summed E-state index contributed by atoms with van der Waals surface area (Å²) < 4.78 is 16.5. The number of aromatic nitrogens is 1. The molecule has 1 aromatic heterocycles. The highest BCUT2D eigenvalue weighted by atomic mass is 32.1. The number of benzene rings is 2. The second-order valence-electron chi connectivity index (χ2n) is 5.27. The van der Waals surface area contributed by atoms with Gasteiger partial charge in [-0.25, -0.2) is 4.39 Å². The Kier molecular flexibility index (Phi) is 4.40. The van der Waals surface area contributed by atoms with Crippen LogP contribution in [0, 0.1) is 5.82 Å². The summed E-state index contributed by atoms with van der Waals surface area (Å²) in [6.07, 6.45) is 0. The van der Waals surface area contributed by atoms with Gasteiger partial charge in [0.2, 0.25) is 0 Å². The number of nitrogens with zero attached hydrogens (tertiary/aromatic N) is 2. The average Bonchev–Trinajstić information content (AvgIpc) is 2.93. The number of Topliss-reactive ketones (excluding diaryl/α,β-unsaturated/α-hetero) is 1. The van der Waals surface area contributed by atoms with Gasteiger partial charge in [-0.2, -0.15) is 4.99 Å². The van der Waals surface area contributed by atoms with Crippen LogP contribution >= 0.6 is 11.3 Å². The number of fused-ring (bicyclic) bond motifs is 1. The van der Waals surface area contributed by atoms with Crippen molar-refractivity contribution in [2.45, 2.75) is 20.4 Å². The minimum absolute atomic E-state index is 0.0604. The molecule has 0 radical (unpaired) electrons. The summed E-state index contributed by atoms with van der Waals surface area (Å²) in [5, 5.41) is 0. The van der Waals surface area contributed by atoms with Crippen molar-refractivity contribution in [2.75, 3.05) is 0 Å². The minimum Gasteiger partial charge on any atom is -0.314 e. The van der Waals surface area contributed by atoms with Crippen molar-refractivity contribution in [3.63, 3.8) is 0 Å². The number of carbonyl (C=O) groups excluding carboxylic acids is 2. The van der Waals surface area contributed by atoms with E-state index in [1.165, 1.54) is 24.3 Å². The Morgan fingerprint density at radius 1 is 1.12 bits per heavy atom. The van der Waals surface area contributed by atoms with Crippen molar-refractivity contribution in [3.8, 4) is 0 Å². The number of thiazole rings is 1. The van der Waals surface area contributed by atoms with E-state index in [4.69, 9.17) is 0 Å². The van der Waals surface area contributed by atoms with Crippen LogP contribution in [0.15, 0.2) is 47.5 Å². The Hall–Kier alpha value is -2.60. The van der Waals surface area contributed by atoms with Crippen molar-refractivity contribution in [1.82, 2.24) is 4.57 Å². The second kappa shape index (κ2) is 6.49. The van der Waals surface area contributed by atoms with Crippen LogP contribution in [0.2, 0.25) is 0 Å². The highest BCUT2D eigenvalue weighted by Gasteiger charge is 2.11. The van der Waals surface area contributed by atoms with E-state index in [0.717, 1.165) is 4.70 Å². The predicted molar refractivity (Wildman–Crippen MR) is 91.8 cm³/mol. The number of hydrogen-bond donors (Lipinski definition) is 0. The lowest BCUT2D eigenvalue weighted by atomic mass is 10.1. The van der Waals surface area contributed by atoms with Crippen molar-refractivity contribution in [3.05, 3.63) is 64.2 Å². The molecular formula is C18H15FN2O2S. The smallest absolute Gasteiger partial charge is 0.279 e. The zero-order valence-corrected chi connectivity index (χ0v) is 14.1. The van der Waals surface area contributed by atoms with E-state index in [9.17, 15) is 14.0 Å². The lowest BCUT2D eigenvalue weighted by Crippen LogP contribution is -2.16. The molecule has 0 saturated carbocycles. The van der Waals surface area contributed by atoms with Gasteiger partial charge in [-0.1, -0.05) is 29.5 Å². The summed E-state index contributed by atoms with van der Waals surface area (Å²) in [5.41, 5.74) is 1.39. The largest absolute Gasteiger partial charge is 0.314 e. The number of aryl methyl sites for hydroxylation is 1. The van der Waals surface area contributed by atoms with Crippen LogP contribution in [0.4, 0.5) is 4.39 Å². The number of amides is 1. The zero-order chi connectivity index (χ0) is 17.3. The van der Waals surface area contributed by atoms with Crippen molar-refractivity contribution in [2.24, 2.45) is 4.99 Å². The molecule has 0 aliphatic heterocycles. The van der Waals surface area contributed by atoms with Crippen molar-refractivity contribution in [1.29, 1.82) is 0 Å². The van der Waals surface area contributed by atoms with Gasteiger partial charge in [0.1, 0.15) is 5.82 Å². The maximum atomic E-state index is 14.1. The van der Waals surface area contributed by atoms with E-state index in [2.05, 4.69) is 4.99 Å². The van der Waals surface area contributed by atoms with E-state index < -0.39 is 5.91 Å². The fraction of sp³-hybridized carbons (Fsp3) is 0.167. The third-order valence-electron chi connectivity index (χ3n) is 3.70. The molecule has 0 unspecified atom stereocenters. The molecule has 0 aliphatic rings. The summed E-state index contributed by atoms with van der Waals surface area (Å²) in [4.78, 5) is 28.3. The fourth-order valence-electron chi connectivity index (χ4n) is 2.46. The summed E-state index contributed by atoms with van der Waals surface area (Å²) in [6, 6.07) is 11.2. The summed E-state index contributed by atoms with van der Waals surface area (Å²) in [7, 11) is 0. The van der Waals surface area contributed by atoms with E-state index >= 15 is 0 Å². The molecule has 122 valence electrons. The van der Waals surface area contributed by atoms with Gasteiger partial charge in [-0.05, 0) is 38.1 Å². The van der Waals surface area contributed by atoms with Gasteiger partial charge in [0, 0.05) is 17.7 Å². The number of hydrogen-bond acceptors (Lipinski definition) is 3. The molecule has 1 amide bonds. The molecule has 6 heteroatoms. The Morgan fingerprint density at radius 2 is 1.79 bits per heavy atom. The zero-order valence-electron chi connectivity index (χ0n) is 13.2. The molecule has 0 aliphatic carbocycles. The van der Waals surface area contributed by atoms with Crippen LogP contribution in [0.5, 0.6) is 0 Å². The SMILES string of the molecule is CCn1c(=NC(=O)c2ccc(C(C)=O)cc2)sc2cccc(F)c21. The van der Waals surface area contributed by atoms with E-state index in [1.807, 2.05) is 6.92 Å². The molecule has 1 heterocycles. The van der Waals surface area contributed by atoms with Gasteiger partial charge in [-0.15, -0.1) is 0 Å². The maximum Gasteiger partial charge on any atom is 0.279 e. The van der Waals surface area contributed by atoms with Crippen LogP contribution < -0.4 is 4.80 Å². The highest BCUT2D eigenvalue weighted by Crippen LogP contribution is 2.20. The Labute approximate surface area is 141 Å². The molecule has 24 heavy (non-hydrogen) atoms. The normalized spacial score (nSPS) is 11.9. The molecule has 4 nitrogen and oxygen atoms in total. The van der Waals surface area contributed by atoms with Crippen LogP contribution in [0.25, 0.3) is 10.2 Å². The Bertz CT molecular complexity index is 1000. The van der Waals surface area contributed by atoms with E-state index in [1.54, 1.807) is 41.0 Å². The molecule has 3 aromatic rings. The third-order valence-corrected chi connectivity index (χ3v) is 4.75. The Morgan fingerprint density at radius 3 is 2.42 bits per heavy atom. The van der Waals surface area contributed by atoms with Gasteiger partial charge in [0.05, 0.1) is 10.2 Å². The van der Waals surface area contributed by atoms with Crippen molar-refractivity contribution < 1.29 is 14.0 Å². The van der Waals surface area contributed by atoms with Gasteiger partial charge < -0.3 is 4.57 Å². The summed E-state index contributed by atoms with van der Waals surface area (Å²) in [5.74, 6) is -0.806. The van der Waals surface area contributed by atoms with Crippen LogP contribution in [-0.4, -0.2) is 16.3 Å². The molecule has 0 fully saturated rings. The second-order valence-corrected chi connectivity index (χ2v) is 6.28. The quantitative estimate of drug-likeness (QED) is 0.680. The first-order valence-electron chi connectivity index (χ1n) is 7.49. The minimum atomic E-state index is -0.417. The molecule has 3 rings (SSSR count). The number of halogens is 1. The Balaban J connectivity index is 2.07. The molecular weight excluding hydrogens is 327 g/mol. The molecule has 0 spiro atoms. The highest BCUT2D eigenvalue weighted by molar-refractivity contribution is 7.16. The number of carbonyl (C=O) groups is 2. The molecule has 0 bridgehead atoms. The van der Waals surface area contributed by atoms with Gasteiger partial charge >= 0.3 is 0 Å². The van der Waals surface area contributed by atoms with Gasteiger partial charge in [-0.3, -0.25) is 9.59 Å². The molecule has 2 aromatic carbocycles. The maximum absolute atomic E-state index is 14.1. The van der Waals surface area contributed by atoms with Crippen LogP contribution in [0.3, 0.4) is 0 Å². The van der Waals surface area contributed by atoms with Crippen LogP contribution in [-0.2, 0) is 6.54 Å². The van der Waals surface area contributed by atoms with Crippen molar-refractivity contribution >= 4 is 33.2 Å². The fourth-order valence-corrected chi connectivity index (χ4v) is 3.57. The van der Waals surface area contributed by atoms with E-state index in [-0.39, 0.29) is 11.6 Å². The monoisotopic (exact) mass is 342 g/mol. The number of ketones is 1. The van der Waals surface area contributed by atoms with E-state index in [0.29, 0.717) is 28.0 Å². The standard InChI is InChI=1S/C18H15FN2O2S/c1-3-21-16-14(19)5-4-6-15(16)24-18(21)20-17(23)13-9-7-12(8-10-13)11(2)22/h4-10H,3H2,1-2H3. The summed E-state index contributed by atoms with van der Waals surface area (Å²) in [6.45, 7) is 3.86. The number of rotatable bonds is 3. The lowest BCUT2D eigenvalue weighted by Gasteiger charge is -2.01. The molecule has 0 N–H and O–H groups in total. The number of para-hydroxylation sites is 1. The first kappa shape index (κ1) is 16.3. The lowest BCUT2D eigenvalue weighted by molar-refractivity contribution is 0.0991. The topological polar surface area (TPSA) is 51.4 Å². The van der Waals surface area contributed by atoms with Gasteiger partial charge in [0.25, 0.3) is 5.91 Å². The molecule has 0 atom stereocenters. The first-order chi connectivity index (χ1) is 11.5.